The number of aryl methyl sites for hydroxylation is 2. The Morgan fingerprint density at radius 3 is 3.12 bits per heavy atom. The molecule has 90 valence electrons. The summed E-state index contributed by atoms with van der Waals surface area (Å²) in [5.41, 5.74) is 1.59. The highest BCUT2D eigenvalue weighted by Gasteiger charge is 2.21. The van der Waals surface area contributed by atoms with Gasteiger partial charge in [-0.2, -0.15) is 10.1 Å². The van der Waals surface area contributed by atoms with Crippen molar-refractivity contribution >= 4 is 11.6 Å². The number of fused-ring (bicyclic) bond motifs is 1. The predicted molar refractivity (Wildman–Crippen MR) is 61.6 cm³/mol. The maximum atomic E-state index is 6.31. The first-order valence-corrected chi connectivity index (χ1v) is 5.90. The van der Waals surface area contributed by atoms with Gasteiger partial charge in [0.15, 0.2) is 5.69 Å². The minimum Gasteiger partial charge on any atom is -0.339 e. The molecule has 7 heteroatoms. The maximum Gasteiger partial charge on any atom is 0.224 e. The summed E-state index contributed by atoms with van der Waals surface area (Å²) in [5.74, 6) is 0.963. The van der Waals surface area contributed by atoms with E-state index in [0.29, 0.717) is 22.4 Å². The smallest absolute Gasteiger partial charge is 0.224 e. The number of nitrogens with zero attached hydrogens (tertiary/aromatic N) is 4. The third-order valence-electron chi connectivity index (χ3n) is 2.75. The van der Waals surface area contributed by atoms with Gasteiger partial charge in [0.2, 0.25) is 11.7 Å². The lowest BCUT2D eigenvalue weighted by Crippen LogP contribution is -2.12. The van der Waals surface area contributed by atoms with Crippen molar-refractivity contribution < 1.29 is 4.52 Å². The van der Waals surface area contributed by atoms with Crippen molar-refractivity contribution in [2.24, 2.45) is 0 Å². The van der Waals surface area contributed by atoms with Crippen LogP contribution in [0.3, 0.4) is 0 Å². The van der Waals surface area contributed by atoms with Crippen LogP contribution in [0.15, 0.2) is 4.52 Å². The van der Waals surface area contributed by atoms with Crippen LogP contribution < -0.4 is 5.32 Å². The van der Waals surface area contributed by atoms with Crippen molar-refractivity contribution in [3.05, 3.63) is 16.6 Å². The fraction of sp³-hybridized carbons (Fsp3) is 0.500. The van der Waals surface area contributed by atoms with Crippen LogP contribution in [0.25, 0.3) is 11.5 Å². The van der Waals surface area contributed by atoms with Gasteiger partial charge in [-0.25, -0.2) is 0 Å². The molecule has 2 aromatic heterocycles. The van der Waals surface area contributed by atoms with Crippen molar-refractivity contribution in [3.63, 3.8) is 0 Å². The lowest BCUT2D eigenvalue weighted by atomic mass is 10.3. The van der Waals surface area contributed by atoms with Crippen molar-refractivity contribution in [3.8, 4) is 11.5 Å². The molecule has 1 aliphatic rings. The topological polar surface area (TPSA) is 68.8 Å². The lowest BCUT2D eigenvalue weighted by Gasteiger charge is -1.99. The first-order chi connectivity index (χ1) is 8.25. The Kier molecular flexibility index (Phi) is 2.60. The zero-order valence-electron chi connectivity index (χ0n) is 9.40. The van der Waals surface area contributed by atoms with Gasteiger partial charge >= 0.3 is 0 Å². The Balaban J connectivity index is 2.07. The normalized spacial score (nSPS) is 15.6. The van der Waals surface area contributed by atoms with Crippen LogP contribution in [0.4, 0.5) is 0 Å². The lowest BCUT2D eigenvalue weighted by molar-refractivity contribution is 0.394. The highest BCUT2D eigenvalue weighted by molar-refractivity contribution is 6.33. The van der Waals surface area contributed by atoms with Gasteiger partial charge in [0.1, 0.15) is 0 Å². The molecular formula is C10H12ClN5O. The third kappa shape index (κ3) is 1.83. The van der Waals surface area contributed by atoms with Crippen LogP contribution in [0.2, 0.25) is 5.02 Å². The quantitative estimate of drug-likeness (QED) is 0.832. The summed E-state index contributed by atoms with van der Waals surface area (Å²) in [6.45, 7) is 4.31. The van der Waals surface area contributed by atoms with Crippen molar-refractivity contribution in [1.29, 1.82) is 0 Å². The Labute approximate surface area is 103 Å². The number of aromatic nitrogens is 4. The molecule has 3 heterocycles. The summed E-state index contributed by atoms with van der Waals surface area (Å²) in [4.78, 5) is 4.15. The van der Waals surface area contributed by atoms with Gasteiger partial charge in [-0.15, -0.1) is 0 Å². The molecule has 0 amide bonds. The fourth-order valence-corrected chi connectivity index (χ4v) is 2.21. The van der Waals surface area contributed by atoms with Gasteiger partial charge in [0.05, 0.1) is 10.7 Å². The van der Waals surface area contributed by atoms with Crippen molar-refractivity contribution in [2.75, 3.05) is 6.54 Å². The van der Waals surface area contributed by atoms with E-state index in [1.807, 2.05) is 4.68 Å². The van der Waals surface area contributed by atoms with E-state index in [1.165, 1.54) is 0 Å². The van der Waals surface area contributed by atoms with E-state index in [-0.39, 0.29) is 0 Å². The molecule has 0 spiro atoms. The Morgan fingerprint density at radius 2 is 2.35 bits per heavy atom. The van der Waals surface area contributed by atoms with Gasteiger partial charge in [-0.3, -0.25) is 4.68 Å². The van der Waals surface area contributed by atoms with Crippen molar-refractivity contribution in [1.82, 2.24) is 25.2 Å². The molecule has 1 aliphatic heterocycles. The van der Waals surface area contributed by atoms with E-state index in [1.54, 1.807) is 6.92 Å². The second kappa shape index (κ2) is 4.12. The molecule has 3 rings (SSSR count). The van der Waals surface area contributed by atoms with Crippen LogP contribution >= 0.6 is 11.6 Å². The Morgan fingerprint density at radius 1 is 1.47 bits per heavy atom. The molecule has 17 heavy (non-hydrogen) atoms. The molecule has 0 unspecified atom stereocenters. The zero-order valence-corrected chi connectivity index (χ0v) is 10.2. The van der Waals surface area contributed by atoms with Crippen LogP contribution in [0, 0.1) is 6.92 Å². The minimum atomic E-state index is 0.452. The monoisotopic (exact) mass is 253 g/mol. The predicted octanol–water partition coefficient (Wildman–Crippen LogP) is 1.39. The Bertz CT molecular complexity index is 547. The van der Waals surface area contributed by atoms with E-state index >= 15 is 0 Å². The first-order valence-electron chi connectivity index (χ1n) is 5.52. The average molecular weight is 254 g/mol. The molecule has 1 N–H and O–H groups in total. The van der Waals surface area contributed by atoms with Gasteiger partial charge in [0, 0.05) is 20.0 Å². The Hall–Kier alpha value is -1.40. The summed E-state index contributed by atoms with van der Waals surface area (Å²) in [6, 6.07) is 0. The maximum absolute atomic E-state index is 6.31. The second-order valence-electron chi connectivity index (χ2n) is 4.00. The van der Waals surface area contributed by atoms with Gasteiger partial charge in [-0.1, -0.05) is 16.8 Å². The highest BCUT2D eigenvalue weighted by atomic mass is 35.5. The molecule has 0 aliphatic carbocycles. The van der Waals surface area contributed by atoms with Crippen LogP contribution in [-0.2, 0) is 13.1 Å². The average Bonchev–Trinajstić information content (AvgIpc) is 2.76. The van der Waals surface area contributed by atoms with Gasteiger partial charge < -0.3 is 9.84 Å². The molecule has 0 fully saturated rings. The summed E-state index contributed by atoms with van der Waals surface area (Å²) < 4.78 is 6.87. The highest BCUT2D eigenvalue weighted by Crippen LogP contribution is 2.29. The van der Waals surface area contributed by atoms with Crippen LogP contribution in [0.5, 0.6) is 0 Å². The van der Waals surface area contributed by atoms with E-state index in [4.69, 9.17) is 16.1 Å². The molecule has 2 aromatic rings. The van der Waals surface area contributed by atoms with Crippen LogP contribution in [-0.4, -0.2) is 26.5 Å². The third-order valence-corrected chi connectivity index (χ3v) is 3.15. The molecular weight excluding hydrogens is 242 g/mol. The van der Waals surface area contributed by atoms with Gasteiger partial charge in [-0.05, 0) is 13.0 Å². The van der Waals surface area contributed by atoms with E-state index in [9.17, 15) is 0 Å². The first kappa shape index (κ1) is 10.7. The van der Waals surface area contributed by atoms with Crippen LogP contribution in [0.1, 0.15) is 18.0 Å². The summed E-state index contributed by atoms with van der Waals surface area (Å²) in [6.07, 6.45) is 1.04. The molecule has 0 bridgehead atoms. The molecule has 0 atom stereocenters. The molecule has 6 nitrogen and oxygen atoms in total. The second-order valence-corrected chi connectivity index (χ2v) is 4.38. The zero-order chi connectivity index (χ0) is 11.8. The van der Waals surface area contributed by atoms with Gasteiger partial charge in [0.25, 0.3) is 0 Å². The number of rotatable bonds is 1. The number of hydrogen-bond acceptors (Lipinski definition) is 5. The number of nitrogens with one attached hydrogen (secondary N) is 1. The summed E-state index contributed by atoms with van der Waals surface area (Å²) >= 11 is 6.31. The standard InChI is InChI=1S/C10H12ClN5O/c1-6-13-10(15-17-6)9-8(11)7-5-12-3-2-4-16(7)14-9/h12H,2-5H2,1H3. The number of hydrogen-bond donors (Lipinski definition) is 1. The minimum absolute atomic E-state index is 0.452. The SMILES string of the molecule is Cc1nc(-c2nn3c(c2Cl)CNCCC3)no1. The van der Waals surface area contributed by atoms with E-state index in [0.717, 1.165) is 31.7 Å². The summed E-state index contributed by atoms with van der Waals surface area (Å²) in [7, 11) is 0. The molecule has 0 aromatic carbocycles. The van der Waals surface area contributed by atoms with E-state index < -0.39 is 0 Å². The molecule has 0 radical (unpaired) electrons. The van der Waals surface area contributed by atoms with E-state index in [2.05, 4.69) is 20.6 Å². The fourth-order valence-electron chi connectivity index (χ4n) is 1.93. The molecule has 0 saturated carbocycles. The largest absolute Gasteiger partial charge is 0.339 e. The number of halogens is 1. The molecule has 0 saturated heterocycles. The summed E-state index contributed by atoms with van der Waals surface area (Å²) in [5, 5.41) is 12.2. The van der Waals surface area contributed by atoms with Crippen molar-refractivity contribution in [2.45, 2.75) is 26.4 Å².